The summed E-state index contributed by atoms with van der Waals surface area (Å²) in [5.41, 5.74) is -0.676. The van der Waals surface area contributed by atoms with Crippen molar-refractivity contribution in [2.24, 2.45) is 0 Å². The van der Waals surface area contributed by atoms with Crippen molar-refractivity contribution in [2.75, 3.05) is 34.3 Å². The van der Waals surface area contributed by atoms with Gasteiger partial charge in [-0.05, 0) is 6.42 Å². The van der Waals surface area contributed by atoms with Gasteiger partial charge in [-0.2, -0.15) is 0 Å². The highest BCUT2D eigenvalue weighted by Gasteiger charge is 2.25. The van der Waals surface area contributed by atoms with E-state index in [1.807, 2.05) is 6.92 Å². The van der Waals surface area contributed by atoms with Crippen molar-refractivity contribution >= 4 is 56.6 Å². The Labute approximate surface area is 183 Å². The molecule has 0 saturated carbocycles. The summed E-state index contributed by atoms with van der Waals surface area (Å²) in [5, 5.41) is 6.87. The van der Waals surface area contributed by atoms with Gasteiger partial charge in [0.2, 0.25) is 0 Å². The topological polar surface area (TPSA) is 88.2 Å². The smallest absolute Gasteiger partial charge is 0.258 e. The quantitative estimate of drug-likeness (QED) is 0.252. The summed E-state index contributed by atoms with van der Waals surface area (Å²) < 4.78 is 51.5. The van der Waals surface area contributed by atoms with E-state index in [-0.39, 0.29) is 17.3 Å². The van der Waals surface area contributed by atoms with E-state index in [1.165, 1.54) is 23.0 Å². The van der Waals surface area contributed by atoms with Gasteiger partial charge in [0, 0.05) is 17.2 Å². The van der Waals surface area contributed by atoms with Gasteiger partial charge in [0.15, 0.2) is 17.5 Å². The van der Waals surface area contributed by atoms with Crippen LogP contribution in [0.5, 0.6) is 0 Å². The van der Waals surface area contributed by atoms with Crippen molar-refractivity contribution in [3.63, 3.8) is 0 Å². The Morgan fingerprint density at radius 1 is 1.29 bits per heavy atom. The lowest BCUT2D eigenvalue weighted by molar-refractivity contribution is 0.0210. The number of ether oxygens (including phenoxy) is 1. The number of aromatic nitrogens is 2. The minimum Gasteiger partial charge on any atom is -0.377 e. The van der Waals surface area contributed by atoms with Gasteiger partial charge in [-0.3, -0.25) is 4.79 Å². The van der Waals surface area contributed by atoms with Gasteiger partial charge in [0.1, 0.15) is 17.8 Å². The van der Waals surface area contributed by atoms with Crippen LogP contribution >= 0.6 is 23.3 Å². The number of fused-ring (bicyclic) bond motifs is 1. The predicted octanol–water partition coefficient (Wildman–Crippen LogP) is 4.64. The fourth-order valence-electron chi connectivity index (χ4n) is 2.83. The molecule has 3 heterocycles. The third-order valence-corrected chi connectivity index (χ3v) is 6.41. The number of halogens is 3. The summed E-state index contributed by atoms with van der Waals surface area (Å²) >= 11 is 2.37. The van der Waals surface area contributed by atoms with E-state index in [4.69, 9.17) is 4.74 Å². The lowest BCUT2D eigenvalue weighted by Gasteiger charge is -2.27. The van der Waals surface area contributed by atoms with Crippen LogP contribution in [0.4, 0.5) is 30.4 Å². The second-order valence-corrected chi connectivity index (χ2v) is 8.52. The Kier molecular flexibility index (Phi) is 6.49. The summed E-state index contributed by atoms with van der Waals surface area (Å²) in [6, 6.07) is 0.836. The molecule has 0 unspecified atom stereocenters. The minimum absolute atomic E-state index is 0.105. The lowest BCUT2D eigenvalue weighted by Crippen LogP contribution is -2.40. The molecule has 0 atom stereocenters. The van der Waals surface area contributed by atoms with E-state index in [9.17, 15) is 18.0 Å². The average molecular weight is 470 g/mol. The number of rotatable bonds is 8. The molecule has 12 heteroatoms. The monoisotopic (exact) mass is 469 g/mol. The molecule has 7 nitrogen and oxygen atoms in total. The molecule has 3 aromatic rings. The van der Waals surface area contributed by atoms with Crippen LogP contribution in [0.3, 0.4) is 0 Å². The van der Waals surface area contributed by atoms with Crippen LogP contribution in [0.25, 0.3) is 10.2 Å². The Morgan fingerprint density at radius 2 is 2.10 bits per heavy atom. The van der Waals surface area contributed by atoms with Crippen molar-refractivity contribution in [1.29, 1.82) is 0 Å². The fourth-order valence-corrected chi connectivity index (χ4v) is 4.39. The number of carbonyl (C=O) groups excluding carboxylic acids is 1. The zero-order valence-corrected chi connectivity index (χ0v) is 17.9. The highest BCUT2D eigenvalue weighted by molar-refractivity contribution is 8.00. The van der Waals surface area contributed by atoms with Gasteiger partial charge in [-0.25, -0.2) is 23.1 Å². The SMILES string of the molecule is CCCSNc1cc(F)c(F)c(NC(=O)c2csc3c(NC4COC4)ncnc23)c1F. The molecule has 164 valence electrons. The molecule has 1 amide bonds. The van der Waals surface area contributed by atoms with Crippen molar-refractivity contribution in [3.8, 4) is 0 Å². The Balaban J connectivity index is 1.61. The molecular weight excluding hydrogens is 451 g/mol. The first-order valence-electron chi connectivity index (χ1n) is 9.42. The van der Waals surface area contributed by atoms with E-state index in [1.54, 1.807) is 0 Å². The largest absolute Gasteiger partial charge is 0.377 e. The number of benzene rings is 1. The maximum atomic E-state index is 14.8. The van der Waals surface area contributed by atoms with Crippen LogP contribution in [0.15, 0.2) is 17.8 Å². The first kappa shape index (κ1) is 21.7. The summed E-state index contributed by atoms with van der Waals surface area (Å²) in [6.45, 7) is 3.03. The highest BCUT2D eigenvalue weighted by atomic mass is 32.2. The zero-order chi connectivity index (χ0) is 22.0. The summed E-state index contributed by atoms with van der Waals surface area (Å²) in [7, 11) is 0. The van der Waals surface area contributed by atoms with Crippen LogP contribution < -0.4 is 15.4 Å². The fraction of sp³-hybridized carbons (Fsp3) is 0.316. The average Bonchev–Trinajstić information content (AvgIpc) is 3.17. The lowest BCUT2D eigenvalue weighted by atomic mass is 10.2. The van der Waals surface area contributed by atoms with Crippen molar-refractivity contribution in [3.05, 3.63) is 40.8 Å². The molecule has 0 aliphatic carbocycles. The van der Waals surface area contributed by atoms with Gasteiger partial charge in [-0.15, -0.1) is 11.3 Å². The molecule has 0 spiro atoms. The van der Waals surface area contributed by atoms with Crippen molar-refractivity contribution in [1.82, 2.24) is 9.97 Å². The summed E-state index contributed by atoms with van der Waals surface area (Å²) in [6.07, 6.45) is 2.11. The van der Waals surface area contributed by atoms with Crippen molar-refractivity contribution in [2.45, 2.75) is 19.4 Å². The van der Waals surface area contributed by atoms with Gasteiger partial charge < -0.3 is 20.1 Å². The molecule has 0 radical (unpaired) electrons. The van der Waals surface area contributed by atoms with Gasteiger partial charge in [0.25, 0.3) is 5.91 Å². The summed E-state index contributed by atoms with van der Waals surface area (Å²) in [5.74, 6) is -3.45. The van der Waals surface area contributed by atoms with E-state index >= 15 is 0 Å². The number of nitrogens with zero attached hydrogens (tertiary/aromatic N) is 2. The Bertz CT molecular complexity index is 1120. The molecule has 3 N–H and O–H groups in total. The number of hydrogen-bond acceptors (Lipinski definition) is 8. The van der Waals surface area contributed by atoms with Crippen LogP contribution in [-0.2, 0) is 4.74 Å². The third-order valence-electron chi connectivity index (χ3n) is 4.46. The molecular formula is C19H18F3N5O2S2. The van der Waals surface area contributed by atoms with E-state index in [0.29, 0.717) is 35.0 Å². The van der Waals surface area contributed by atoms with Crippen molar-refractivity contribution < 1.29 is 22.7 Å². The second-order valence-electron chi connectivity index (χ2n) is 6.74. The number of anilines is 3. The number of nitrogens with one attached hydrogen (secondary N) is 3. The molecule has 1 aromatic carbocycles. The Hall–Kier alpha value is -2.57. The van der Waals surface area contributed by atoms with Gasteiger partial charge in [0.05, 0.1) is 40.7 Å². The van der Waals surface area contributed by atoms with Gasteiger partial charge in [-0.1, -0.05) is 18.9 Å². The minimum atomic E-state index is -1.47. The number of thiophene rings is 1. The van der Waals surface area contributed by atoms with Gasteiger partial charge >= 0.3 is 0 Å². The van der Waals surface area contributed by atoms with E-state index in [0.717, 1.165) is 24.4 Å². The first-order valence-corrected chi connectivity index (χ1v) is 11.3. The normalized spacial score (nSPS) is 13.8. The standard InChI is InChI=1S/C19H18F3N5O2S2/c1-2-3-31-27-12-4-11(20)13(21)16(14(12)22)26-19(28)10-7-30-17-15(10)23-8-24-18(17)25-9-5-29-6-9/h4,7-9,27H,2-3,5-6H2,1H3,(H,26,28)(H,23,24,25). The number of hydrogen-bond donors (Lipinski definition) is 3. The predicted molar refractivity (Wildman–Crippen MR) is 116 cm³/mol. The molecule has 2 aromatic heterocycles. The third kappa shape index (κ3) is 4.41. The molecule has 31 heavy (non-hydrogen) atoms. The molecule has 4 rings (SSSR count). The highest BCUT2D eigenvalue weighted by Crippen LogP contribution is 2.33. The molecule has 1 fully saturated rings. The zero-order valence-electron chi connectivity index (χ0n) is 16.3. The molecule has 1 aliphatic rings. The van der Waals surface area contributed by atoms with E-state index in [2.05, 4.69) is 25.3 Å². The number of amides is 1. The molecule has 0 bridgehead atoms. The van der Waals surface area contributed by atoms with Crippen LogP contribution in [0, 0.1) is 17.5 Å². The van der Waals surface area contributed by atoms with Crippen LogP contribution in [0.2, 0.25) is 0 Å². The first-order chi connectivity index (χ1) is 15.0. The van der Waals surface area contributed by atoms with Crippen LogP contribution in [0.1, 0.15) is 23.7 Å². The van der Waals surface area contributed by atoms with Crippen LogP contribution in [-0.4, -0.2) is 40.9 Å². The van der Waals surface area contributed by atoms with E-state index < -0.39 is 29.0 Å². The Morgan fingerprint density at radius 3 is 2.81 bits per heavy atom. The molecule has 1 saturated heterocycles. The second kappa shape index (κ2) is 9.28. The number of carbonyl (C=O) groups is 1. The molecule has 1 aliphatic heterocycles. The summed E-state index contributed by atoms with van der Waals surface area (Å²) in [4.78, 5) is 21.1. The maximum absolute atomic E-state index is 14.8. The maximum Gasteiger partial charge on any atom is 0.258 e.